The molecule has 55 heavy (non-hydrogen) atoms. The Morgan fingerprint density at radius 2 is 1.60 bits per heavy atom. The third-order valence-electron chi connectivity index (χ3n) is 9.08. The number of rotatable bonds is 11. The summed E-state index contributed by atoms with van der Waals surface area (Å²) in [5, 5.41) is 12.2. The van der Waals surface area contributed by atoms with Crippen LogP contribution in [0.4, 0.5) is 20.4 Å². The van der Waals surface area contributed by atoms with Gasteiger partial charge < -0.3 is 15.3 Å². The van der Waals surface area contributed by atoms with Crippen molar-refractivity contribution in [2.75, 3.05) is 22.7 Å². The van der Waals surface area contributed by atoms with Crippen LogP contribution >= 0.6 is 0 Å². The number of carbonyl (C=O) groups is 2. The molecule has 1 fully saturated rings. The fourth-order valence-corrected chi connectivity index (χ4v) is 6.99. The topological polar surface area (TPSA) is 198 Å². The molecule has 0 aliphatic carbocycles. The minimum absolute atomic E-state index is 0.111. The van der Waals surface area contributed by atoms with E-state index >= 15 is 8.78 Å². The monoisotopic (exact) mass is 768 g/mol. The second-order valence-corrected chi connectivity index (χ2v) is 14.3. The van der Waals surface area contributed by atoms with Crippen LogP contribution in [-0.2, 0) is 28.3 Å². The second kappa shape index (κ2) is 14.5. The van der Waals surface area contributed by atoms with Crippen molar-refractivity contribution < 1.29 is 31.9 Å². The van der Waals surface area contributed by atoms with Gasteiger partial charge in [0.05, 0.1) is 38.9 Å². The summed E-state index contributed by atoms with van der Waals surface area (Å²) in [6.45, 7) is 1.76. The van der Waals surface area contributed by atoms with E-state index in [1.807, 2.05) is 9.62 Å². The maximum atomic E-state index is 15.2. The van der Waals surface area contributed by atoms with Gasteiger partial charge in [-0.15, -0.1) is 0 Å². The van der Waals surface area contributed by atoms with Crippen molar-refractivity contribution in [3.05, 3.63) is 135 Å². The molecule has 0 radical (unpaired) electrons. The number of anilines is 2. The zero-order valence-corrected chi connectivity index (χ0v) is 29.6. The van der Waals surface area contributed by atoms with Crippen molar-refractivity contribution in [3.8, 4) is 16.8 Å². The number of aliphatic carboxylic acids is 1. The average Bonchev–Trinajstić information content (AvgIpc) is 3.15. The van der Waals surface area contributed by atoms with E-state index in [1.54, 1.807) is 36.7 Å². The molecule has 280 valence electrons. The fraction of sp³-hybridized carbons (Fsp3) is 0.162. The van der Waals surface area contributed by atoms with Crippen LogP contribution in [0.1, 0.15) is 22.5 Å². The standard InChI is InChI=1S/C37H30F2N8O7S/c1-45-32-6-3-2-5-26(32)34(49)47(37(45)52)24-10-9-23(40-20-24)15-31(35(50)51)43-33(48)27-16-29(39)30(17-28(27)38)44-55(53,54)25-11-7-21(8-12-25)22-18-41-36(42-19-22)46-13-4-14-46/h2-3,5-12,16-20,31,44H,4,13-15H2,1H3,(H,43,48)(H,50,51)/t31-/m0/s1. The summed E-state index contributed by atoms with van der Waals surface area (Å²) in [6, 6.07) is 14.1. The van der Waals surface area contributed by atoms with E-state index in [2.05, 4.69) is 20.3 Å². The summed E-state index contributed by atoms with van der Waals surface area (Å²) < 4.78 is 60.7. The first-order valence-electron chi connectivity index (χ1n) is 16.7. The number of pyridine rings is 1. The normalized spacial score (nSPS) is 13.3. The average molecular weight is 769 g/mol. The Morgan fingerprint density at radius 1 is 0.891 bits per heavy atom. The van der Waals surface area contributed by atoms with E-state index < -0.39 is 68.5 Å². The van der Waals surface area contributed by atoms with Gasteiger partial charge in [-0.2, -0.15) is 0 Å². The second-order valence-electron chi connectivity index (χ2n) is 12.6. The number of benzene rings is 3. The van der Waals surface area contributed by atoms with Crippen LogP contribution in [-0.4, -0.2) is 68.6 Å². The number of carboxylic acid groups (broad SMARTS) is 1. The first-order valence-corrected chi connectivity index (χ1v) is 18.2. The van der Waals surface area contributed by atoms with E-state index in [1.165, 1.54) is 54.2 Å². The number of para-hydroxylation sites is 1. The first kappa shape index (κ1) is 36.5. The molecule has 15 nitrogen and oxygen atoms in total. The van der Waals surface area contributed by atoms with Gasteiger partial charge >= 0.3 is 11.7 Å². The Labute approximate surface area is 310 Å². The number of hydrogen-bond donors (Lipinski definition) is 3. The number of amides is 1. The summed E-state index contributed by atoms with van der Waals surface area (Å²) in [4.78, 5) is 65.7. The van der Waals surface area contributed by atoms with E-state index in [0.717, 1.165) is 24.1 Å². The SMILES string of the molecule is Cn1c(=O)n(-c2ccc(C[C@H](NC(=O)c3cc(F)c(NS(=O)(=O)c4ccc(-c5cnc(N6CCC6)nc5)cc4)cc3F)C(=O)O)nc2)c(=O)c2ccccc21. The van der Waals surface area contributed by atoms with Crippen LogP contribution in [0.5, 0.6) is 0 Å². The largest absolute Gasteiger partial charge is 0.480 e. The molecule has 7 rings (SSSR count). The number of halogens is 2. The quantitative estimate of drug-likeness (QED) is 0.175. The van der Waals surface area contributed by atoms with Gasteiger partial charge in [0.1, 0.15) is 17.7 Å². The summed E-state index contributed by atoms with van der Waals surface area (Å²) in [5.74, 6) is -4.84. The number of fused-ring (bicyclic) bond motifs is 1. The molecular formula is C37H30F2N8O7S. The van der Waals surface area contributed by atoms with Crippen molar-refractivity contribution in [3.63, 3.8) is 0 Å². The molecule has 3 aromatic heterocycles. The van der Waals surface area contributed by atoms with Gasteiger partial charge in [0.2, 0.25) is 5.95 Å². The van der Waals surface area contributed by atoms with E-state index in [4.69, 9.17) is 0 Å². The molecule has 0 bridgehead atoms. The lowest BCUT2D eigenvalue weighted by molar-refractivity contribution is -0.139. The Bertz CT molecular complexity index is 2700. The highest BCUT2D eigenvalue weighted by atomic mass is 32.2. The molecule has 1 aliphatic rings. The lowest BCUT2D eigenvalue weighted by Gasteiger charge is -2.30. The summed E-state index contributed by atoms with van der Waals surface area (Å²) in [6.07, 6.45) is 5.09. The minimum atomic E-state index is -4.42. The van der Waals surface area contributed by atoms with Gasteiger partial charge in [-0.25, -0.2) is 41.3 Å². The number of carbonyl (C=O) groups excluding carboxylic acids is 1. The zero-order chi connectivity index (χ0) is 39.0. The Morgan fingerprint density at radius 3 is 2.24 bits per heavy atom. The zero-order valence-electron chi connectivity index (χ0n) is 28.8. The van der Waals surface area contributed by atoms with Crippen LogP contribution in [0.15, 0.2) is 106 Å². The van der Waals surface area contributed by atoms with E-state index in [0.29, 0.717) is 34.7 Å². The molecule has 3 N–H and O–H groups in total. The first-order chi connectivity index (χ1) is 26.3. The third-order valence-corrected chi connectivity index (χ3v) is 10.5. The molecule has 0 saturated carbocycles. The molecule has 0 unspecified atom stereocenters. The van der Waals surface area contributed by atoms with Gasteiger partial charge in [-0.05, 0) is 54.4 Å². The van der Waals surface area contributed by atoms with Crippen molar-refractivity contribution in [1.29, 1.82) is 0 Å². The van der Waals surface area contributed by atoms with Crippen LogP contribution in [0.3, 0.4) is 0 Å². The predicted octanol–water partition coefficient (Wildman–Crippen LogP) is 3.26. The van der Waals surface area contributed by atoms with Crippen LogP contribution in [0, 0.1) is 11.6 Å². The molecule has 1 atom stereocenters. The lowest BCUT2D eigenvalue weighted by atomic mass is 10.1. The number of sulfonamides is 1. The highest BCUT2D eigenvalue weighted by molar-refractivity contribution is 7.92. The van der Waals surface area contributed by atoms with Crippen LogP contribution in [0.25, 0.3) is 27.7 Å². The van der Waals surface area contributed by atoms with E-state index in [9.17, 15) is 32.7 Å². The van der Waals surface area contributed by atoms with Gasteiger partial charge in [-0.1, -0.05) is 24.3 Å². The van der Waals surface area contributed by atoms with Crippen molar-refractivity contribution in [2.24, 2.45) is 7.05 Å². The molecular weight excluding hydrogens is 739 g/mol. The van der Waals surface area contributed by atoms with Gasteiger partial charge in [0.15, 0.2) is 0 Å². The van der Waals surface area contributed by atoms with Gasteiger partial charge in [0.25, 0.3) is 21.5 Å². The fourth-order valence-electron chi connectivity index (χ4n) is 5.93. The van der Waals surface area contributed by atoms with Gasteiger partial charge in [0, 0.05) is 56.3 Å². The number of aryl methyl sites for hydroxylation is 1. The highest BCUT2D eigenvalue weighted by Crippen LogP contribution is 2.26. The predicted molar refractivity (Wildman–Crippen MR) is 197 cm³/mol. The van der Waals surface area contributed by atoms with Crippen LogP contribution in [0.2, 0.25) is 0 Å². The Balaban J connectivity index is 1.03. The summed E-state index contributed by atoms with van der Waals surface area (Å²) in [5.41, 5.74) is -0.944. The van der Waals surface area contributed by atoms with Crippen molar-refractivity contribution in [1.82, 2.24) is 29.4 Å². The van der Waals surface area contributed by atoms with Crippen LogP contribution < -0.4 is 26.2 Å². The lowest BCUT2D eigenvalue weighted by Crippen LogP contribution is -2.42. The number of nitrogens with zero attached hydrogens (tertiary/aromatic N) is 6. The molecule has 18 heteroatoms. The Hall–Kier alpha value is -6.82. The molecule has 1 amide bonds. The molecule has 4 heterocycles. The highest BCUT2D eigenvalue weighted by Gasteiger charge is 2.26. The van der Waals surface area contributed by atoms with Gasteiger partial charge in [-0.3, -0.25) is 23.9 Å². The summed E-state index contributed by atoms with van der Waals surface area (Å²) >= 11 is 0. The third kappa shape index (κ3) is 7.26. The Kier molecular flexibility index (Phi) is 9.66. The molecule has 1 aliphatic heterocycles. The summed E-state index contributed by atoms with van der Waals surface area (Å²) in [7, 11) is -2.91. The number of nitrogens with one attached hydrogen (secondary N) is 2. The number of hydrogen-bond acceptors (Lipinski definition) is 10. The molecule has 0 spiro atoms. The number of carboxylic acids is 1. The molecule has 3 aromatic carbocycles. The van der Waals surface area contributed by atoms with Crippen molar-refractivity contribution >= 4 is 44.4 Å². The van der Waals surface area contributed by atoms with E-state index in [-0.39, 0.29) is 21.7 Å². The van der Waals surface area contributed by atoms with Crippen molar-refractivity contribution in [2.45, 2.75) is 23.8 Å². The number of aromatic nitrogens is 5. The molecule has 6 aromatic rings. The minimum Gasteiger partial charge on any atom is -0.480 e. The molecule has 1 saturated heterocycles. The maximum Gasteiger partial charge on any atom is 0.335 e. The smallest absolute Gasteiger partial charge is 0.335 e. The maximum absolute atomic E-state index is 15.2.